The molecule has 0 bridgehead atoms. The van der Waals surface area contributed by atoms with Gasteiger partial charge in [-0.15, -0.1) is 6.42 Å². The van der Waals surface area contributed by atoms with Crippen LogP contribution in [0.1, 0.15) is 29.1 Å². The molecule has 0 fully saturated rings. The van der Waals surface area contributed by atoms with Crippen LogP contribution in [-0.2, 0) is 9.53 Å². The van der Waals surface area contributed by atoms with Gasteiger partial charge in [-0.1, -0.05) is 24.1 Å². The SMILES string of the molecule is C#CCN1C(=O)c2ccccc2C1OC(C)=O. The van der Waals surface area contributed by atoms with E-state index in [1.807, 2.05) is 0 Å². The monoisotopic (exact) mass is 229 g/mol. The third-order valence-corrected chi connectivity index (χ3v) is 2.54. The lowest BCUT2D eigenvalue weighted by Gasteiger charge is -2.22. The topological polar surface area (TPSA) is 46.6 Å². The largest absolute Gasteiger partial charge is 0.437 e. The molecule has 1 amide bonds. The molecule has 0 spiro atoms. The third kappa shape index (κ3) is 1.87. The molecule has 17 heavy (non-hydrogen) atoms. The number of terminal acetylenes is 1. The highest BCUT2D eigenvalue weighted by atomic mass is 16.6. The van der Waals surface area contributed by atoms with Crippen molar-refractivity contribution in [2.75, 3.05) is 6.54 Å². The van der Waals surface area contributed by atoms with Gasteiger partial charge in [-0.25, -0.2) is 0 Å². The molecule has 4 heteroatoms. The lowest BCUT2D eigenvalue weighted by Crippen LogP contribution is -2.30. The Morgan fingerprint density at radius 1 is 1.53 bits per heavy atom. The Hall–Kier alpha value is -2.28. The Labute approximate surface area is 99.2 Å². The Morgan fingerprint density at radius 3 is 2.88 bits per heavy atom. The van der Waals surface area contributed by atoms with Crippen molar-refractivity contribution in [2.45, 2.75) is 13.2 Å². The zero-order chi connectivity index (χ0) is 12.4. The maximum absolute atomic E-state index is 12.0. The molecule has 0 N–H and O–H groups in total. The second-order valence-electron chi connectivity index (χ2n) is 3.69. The van der Waals surface area contributed by atoms with Crippen molar-refractivity contribution in [1.29, 1.82) is 0 Å². The summed E-state index contributed by atoms with van der Waals surface area (Å²) in [5, 5.41) is 0. The van der Waals surface area contributed by atoms with Crippen LogP contribution in [0.25, 0.3) is 0 Å². The number of hydrogen-bond donors (Lipinski definition) is 0. The highest BCUT2D eigenvalue weighted by Gasteiger charge is 2.37. The predicted molar refractivity (Wildman–Crippen MR) is 60.8 cm³/mol. The summed E-state index contributed by atoms with van der Waals surface area (Å²) in [5.41, 5.74) is 1.22. The molecule has 4 nitrogen and oxygen atoms in total. The molecule has 0 radical (unpaired) electrons. The quantitative estimate of drug-likeness (QED) is 0.568. The Bertz CT molecular complexity index is 516. The van der Waals surface area contributed by atoms with Gasteiger partial charge in [0.2, 0.25) is 6.23 Å². The van der Waals surface area contributed by atoms with E-state index in [-0.39, 0.29) is 12.5 Å². The summed E-state index contributed by atoms with van der Waals surface area (Å²) in [6, 6.07) is 7.02. The standard InChI is InChI=1S/C13H11NO3/c1-3-8-14-12(16)10-6-4-5-7-11(10)13(14)17-9(2)15/h1,4-7,13H,8H2,2H3. The summed E-state index contributed by atoms with van der Waals surface area (Å²) < 4.78 is 5.14. The molecule has 0 saturated carbocycles. The van der Waals surface area contributed by atoms with E-state index in [1.165, 1.54) is 11.8 Å². The van der Waals surface area contributed by atoms with E-state index in [4.69, 9.17) is 11.2 Å². The molecule has 0 aromatic heterocycles. The van der Waals surface area contributed by atoms with Crippen molar-refractivity contribution < 1.29 is 14.3 Å². The zero-order valence-electron chi connectivity index (χ0n) is 9.34. The van der Waals surface area contributed by atoms with Crippen molar-refractivity contribution in [3.63, 3.8) is 0 Å². The molecular formula is C13H11NO3. The molecule has 0 saturated heterocycles. The van der Waals surface area contributed by atoms with E-state index in [0.717, 1.165) is 0 Å². The van der Waals surface area contributed by atoms with Crippen LogP contribution in [0.3, 0.4) is 0 Å². The summed E-state index contributed by atoms with van der Waals surface area (Å²) in [4.78, 5) is 24.4. The number of benzene rings is 1. The van der Waals surface area contributed by atoms with Crippen LogP contribution in [0, 0.1) is 12.3 Å². The van der Waals surface area contributed by atoms with Crippen LogP contribution < -0.4 is 0 Å². The second kappa shape index (κ2) is 4.30. The molecule has 1 atom stereocenters. The van der Waals surface area contributed by atoms with Gasteiger partial charge < -0.3 is 4.74 Å². The summed E-state index contributed by atoms with van der Waals surface area (Å²) in [5.74, 6) is 1.75. The first-order valence-electron chi connectivity index (χ1n) is 5.15. The fourth-order valence-corrected chi connectivity index (χ4v) is 1.87. The summed E-state index contributed by atoms with van der Waals surface area (Å²) in [7, 11) is 0. The molecule has 1 heterocycles. The number of fused-ring (bicyclic) bond motifs is 1. The number of amides is 1. The van der Waals surface area contributed by atoms with Crippen LogP contribution in [0.2, 0.25) is 0 Å². The third-order valence-electron chi connectivity index (χ3n) is 2.54. The van der Waals surface area contributed by atoms with Gasteiger partial charge in [-0.05, 0) is 6.07 Å². The number of nitrogens with zero attached hydrogens (tertiary/aromatic N) is 1. The van der Waals surface area contributed by atoms with Crippen LogP contribution >= 0.6 is 0 Å². The maximum Gasteiger partial charge on any atom is 0.304 e. The van der Waals surface area contributed by atoms with E-state index in [2.05, 4.69) is 5.92 Å². The summed E-state index contributed by atoms with van der Waals surface area (Å²) in [6.45, 7) is 1.42. The highest BCUT2D eigenvalue weighted by Crippen LogP contribution is 2.33. The minimum atomic E-state index is -0.702. The van der Waals surface area contributed by atoms with Gasteiger partial charge in [-0.2, -0.15) is 0 Å². The molecular weight excluding hydrogens is 218 g/mol. The van der Waals surface area contributed by atoms with Gasteiger partial charge in [0, 0.05) is 18.1 Å². The number of carbonyl (C=O) groups excluding carboxylic acids is 2. The minimum Gasteiger partial charge on any atom is -0.437 e. The average Bonchev–Trinajstić information content (AvgIpc) is 2.55. The predicted octanol–water partition coefficient (Wildman–Crippen LogP) is 1.34. The fourth-order valence-electron chi connectivity index (χ4n) is 1.87. The maximum atomic E-state index is 12.0. The van der Waals surface area contributed by atoms with Crippen LogP contribution in [0.5, 0.6) is 0 Å². The molecule has 1 aromatic rings. The first-order valence-corrected chi connectivity index (χ1v) is 5.15. The van der Waals surface area contributed by atoms with Crippen molar-refractivity contribution >= 4 is 11.9 Å². The number of ether oxygens (including phenoxy) is 1. The molecule has 1 aliphatic heterocycles. The van der Waals surface area contributed by atoms with Crippen LogP contribution in [0.15, 0.2) is 24.3 Å². The van der Waals surface area contributed by atoms with Gasteiger partial charge >= 0.3 is 5.97 Å². The first kappa shape index (κ1) is 11.2. The van der Waals surface area contributed by atoms with Crippen molar-refractivity contribution in [1.82, 2.24) is 4.90 Å². The lowest BCUT2D eigenvalue weighted by molar-refractivity contribution is -0.153. The average molecular weight is 229 g/mol. The van der Waals surface area contributed by atoms with E-state index in [1.54, 1.807) is 24.3 Å². The molecule has 1 aliphatic rings. The number of esters is 1. The number of carbonyl (C=O) groups is 2. The highest BCUT2D eigenvalue weighted by molar-refractivity contribution is 5.99. The molecule has 1 unspecified atom stereocenters. The van der Waals surface area contributed by atoms with Gasteiger partial charge in [0.25, 0.3) is 5.91 Å². The van der Waals surface area contributed by atoms with Crippen LogP contribution in [-0.4, -0.2) is 23.3 Å². The molecule has 86 valence electrons. The minimum absolute atomic E-state index is 0.117. The van der Waals surface area contributed by atoms with E-state index in [0.29, 0.717) is 11.1 Å². The van der Waals surface area contributed by atoms with Gasteiger partial charge in [0.15, 0.2) is 0 Å². The van der Waals surface area contributed by atoms with E-state index >= 15 is 0 Å². The normalized spacial score (nSPS) is 17.5. The van der Waals surface area contributed by atoms with Crippen LogP contribution in [0.4, 0.5) is 0 Å². The Morgan fingerprint density at radius 2 is 2.24 bits per heavy atom. The van der Waals surface area contributed by atoms with Crippen molar-refractivity contribution in [3.8, 4) is 12.3 Å². The number of hydrogen-bond acceptors (Lipinski definition) is 3. The molecule has 2 rings (SSSR count). The lowest BCUT2D eigenvalue weighted by atomic mass is 10.1. The summed E-state index contributed by atoms with van der Waals surface area (Å²) >= 11 is 0. The van der Waals surface area contributed by atoms with E-state index in [9.17, 15) is 9.59 Å². The first-order chi connectivity index (χ1) is 8.15. The van der Waals surface area contributed by atoms with E-state index < -0.39 is 12.2 Å². The molecule has 0 aliphatic carbocycles. The van der Waals surface area contributed by atoms with Gasteiger partial charge in [0.05, 0.1) is 6.54 Å². The fraction of sp³-hybridized carbons (Fsp3) is 0.231. The number of rotatable bonds is 2. The second-order valence-corrected chi connectivity index (χ2v) is 3.69. The summed E-state index contributed by atoms with van der Waals surface area (Å²) in [6.07, 6.45) is 4.51. The van der Waals surface area contributed by atoms with Crippen molar-refractivity contribution in [3.05, 3.63) is 35.4 Å². The van der Waals surface area contributed by atoms with Crippen molar-refractivity contribution in [2.24, 2.45) is 0 Å². The zero-order valence-corrected chi connectivity index (χ0v) is 9.34. The Balaban J connectivity index is 2.42. The van der Waals surface area contributed by atoms with Gasteiger partial charge in [-0.3, -0.25) is 14.5 Å². The smallest absolute Gasteiger partial charge is 0.304 e. The Kier molecular flexibility index (Phi) is 2.84. The van der Waals surface area contributed by atoms with Gasteiger partial charge in [0.1, 0.15) is 0 Å². The molecule has 1 aromatic carbocycles.